The van der Waals surface area contributed by atoms with Crippen LogP contribution in [0.5, 0.6) is 0 Å². The summed E-state index contributed by atoms with van der Waals surface area (Å²) < 4.78 is 7.08. The van der Waals surface area contributed by atoms with Crippen molar-refractivity contribution in [1.29, 1.82) is 0 Å². The molecule has 2 aromatic rings. The molecular weight excluding hydrogens is 432 g/mol. The first-order chi connectivity index (χ1) is 15.5. The van der Waals surface area contributed by atoms with Crippen molar-refractivity contribution in [3.63, 3.8) is 0 Å². The molecule has 4 rings (SSSR count). The van der Waals surface area contributed by atoms with Crippen LogP contribution in [-0.4, -0.2) is 102 Å². The Bertz CT molecular complexity index is 935. The third-order valence-corrected chi connectivity index (χ3v) is 6.12. The second-order valence-electron chi connectivity index (χ2n) is 7.91. The van der Waals surface area contributed by atoms with Gasteiger partial charge in [0.15, 0.2) is 0 Å². The van der Waals surface area contributed by atoms with Crippen LogP contribution in [0.3, 0.4) is 0 Å². The molecule has 3 heterocycles. The molecule has 32 heavy (non-hydrogen) atoms. The summed E-state index contributed by atoms with van der Waals surface area (Å²) in [4.78, 5) is 37.1. The van der Waals surface area contributed by atoms with Crippen molar-refractivity contribution in [2.75, 3.05) is 70.4 Å². The fourth-order valence-corrected chi connectivity index (χ4v) is 4.29. The maximum Gasteiger partial charge on any atom is 0.409 e. The molecule has 0 saturated carbocycles. The van der Waals surface area contributed by atoms with Gasteiger partial charge in [0.2, 0.25) is 11.9 Å². The van der Waals surface area contributed by atoms with Gasteiger partial charge in [-0.1, -0.05) is 17.7 Å². The average molecular weight is 461 g/mol. The molecule has 2 aliphatic rings. The fourth-order valence-electron chi connectivity index (χ4n) is 4.11. The highest BCUT2D eigenvalue weighted by molar-refractivity contribution is 6.30. The number of carbonyl (C=O) groups excluding carboxylic acids is 2. The molecule has 2 fully saturated rings. The number of anilines is 1. The van der Waals surface area contributed by atoms with Crippen LogP contribution in [0.1, 0.15) is 6.92 Å². The molecule has 0 bridgehead atoms. The summed E-state index contributed by atoms with van der Waals surface area (Å²) in [5.74, 6) is 0.996. The SMILES string of the molecule is CCOC(=O)N1CCN(C(=O)CN2CCN(c3nccn3-c3cccc(Cl)c3)CC2)CC1. The van der Waals surface area contributed by atoms with Crippen molar-refractivity contribution in [3.8, 4) is 5.69 Å². The molecule has 0 aliphatic carbocycles. The molecular formula is C22H29ClN6O3. The molecule has 2 aliphatic heterocycles. The van der Waals surface area contributed by atoms with Crippen LogP contribution in [0.25, 0.3) is 5.69 Å². The van der Waals surface area contributed by atoms with Crippen molar-refractivity contribution in [2.24, 2.45) is 0 Å². The van der Waals surface area contributed by atoms with Crippen LogP contribution >= 0.6 is 11.6 Å². The number of piperazine rings is 2. The third-order valence-electron chi connectivity index (χ3n) is 5.88. The van der Waals surface area contributed by atoms with Crippen LogP contribution in [0, 0.1) is 0 Å². The summed E-state index contributed by atoms with van der Waals surface area (Å²) in [7, 11) is 0. The van der Waals surface area contributed by atoms with Crippen molar-refractivity contribution in [1.82, 2.24) is 24.3 Å². The number of hydrogen-bond acceptors (Lipinski definition) is 6. The summed E-state index contributed by atoms with van der Waals surface area (Å²) >= 11 is 6.15. The zero-order valence-electron chi connectivity index (χ0n) is 18.3. The first kappa shape index (κ1) is 22.4. The van der Waals surface area contributed by atoms with Crippen molar-refractivity contribution in [3.05, 3.63) is 41.7 Å². The quantitative estimate of drug-likeness (QED) is 0.679. The van der Waals surface area contributed by atoms with Crippen molar-refractivity contribution in [2.45, 2.75) is 6.92 Å². The lowest BCUT2D eigenvalue weighted by Crippen LogP contribution is -2.54. The van der Waals surface area contributed by atoms with E-state index in [2.05, 4.69) is 14.8 Å². The highest BCUT2D eigenvalue weighted by atomic mass is 35.5. The minimum Gasteiger partial charge on any atom is -0.450 e. The number of hydrogen-bond donors (Lipinski definition) is 0. The predicted molar refractivity (Wildman–Crippen MR) is 122 cm³/mol. The van der Waals surface area contributed by atoms with Gasteiger partial charge < -0.3 is 19.4 Å². The Morgan fingerprint density at radius 1 is 1.03 bits per heavy atom. The highest BCUT2D eigenvalue weighted by Crippen LogP contribution is 2.22. The van der Waals surface area contributed by atoms with E-state index in [1.54, 1.807) is 18.0 Å². The Morgan fingerprint density at radius 2 is 1.75 bits per heavy atom. The van der Waals surface area contributed by atoms with E-state index in [1.165, 1.54) is 0 Å². The standard InChI is InChI=1S/C22H29ClN6O3/c1-2-32-22(31)28-14-12-26(13-15-28)20(30)17-25-8-10-27(11-9-25)21-24-6-7-29(21)19-5-3-4-18(23)16-19/h3-7,16H,2,8-15,17H2,1H3. The van der Waals surface area contributed by atoms with E-state index < -0.39 is 0 Å². The second kappa shape index (κ2) is 10.2. The van der Waals surface area contributed by atoms with Gasteiger partial charge in [-0.15, -0.1) is 0 Å². The van der Waals surface area contributed by atoms with Crippen LogP contribution in [0.15, 0.2) is 36.7 Å². The van der Waals surface area contributed by atoms with Crippen LogP contribution < -0.4 is 4.90 Å². The van der Waals surface area contributed by atoms with Crippen LogP contribution in [0.4, 0.5) is 10.7 Å². The number of aromatic nitrogens is 2. The van der Waals surface area contributed by atoms with Gasteiger partial charge in [-0.25, -0.2) is 9.78 Å². The molecule has 2 saturated heterocycles. The second-order valence-corrected chi connectivity index (χ2v) is 8.34. The van der Waals surface area contributed by atoms with Gasteiger partial charge in [0.25, 0.3) is 0 Å². The minimum atomic E-state index is -0.299. The first-order valence-electron chi connectivity index (χ1n) is 11.0. The highest BCUT2D eigenvalue weighted by Gasteiger charge is 2.27. The van der Waals surface area contributed by atoms with E-state index in [0.717, 1.165) is 37.8 Å². The molecule has 1 aromatic carbocycles. The van der Waals surface area contributed by atoms with E-state index in [-0.39, 0.29) is 12.0 Å². The van der Waals surface area contributed by atoms with E-state index in [9.17, 15) is 9.59 Å². The summed E-state index contributed by atoms with van der Waals surface area (Å²) in [6.45, 7) is 7.86. The number of nitrogens with zero attached hydrogens (tertiary/aromatic N) is 6. The largest absolute Gasteiger partial charge is 0.450 e. The number of imidazole rings is 1. The van der Waals surface area contributed by atoms with Crippen molar-refractivity contribution >= 4 is 29.5 Å². The Hall–Kier alpha value is -2.78. The lowest BCUT2D eigenvalue weighted by Gasteiger charge is -2.38. The normalized spacial score (nSPS) is 17.5. The number of rotatable bonds is 5. The van der Waals surface area contributed by atoms with Gasteiger partial charge in [-0.2, -0.15) is 0 Å². The molecule has 9 nitrogen and oxygen atoms in total. The molecule has 0 N–H and O–H groups in total. The third kappa shape index (κ3) is 5.16. The van der Waals surface area contributed by atoms with Crippen LogP contribution in [-0.2, 0) is 9.53 Å². The smallest absolute Gasteiger partial charge is 0.409 e. The summed E-state index contributed by atoms with van der Waals surface area (Å²) in [6, 6.07) is 7.71. The van der Waals surface area contributed by atoms with Gasteiger partial charge >= 0.3 is 6.09 Å². The Kier molecular flexibility index (Phi) is 7.16. The number of amides is 2. The number of halogens is 1. The molecule has 0 unspecified atom stereocenters. The minimum absolute atomic E-state index is 0.113. The van der Waals surface area contributed by atoms with Gasteiger partial charge in [0.05, 0.1) is 13.2 Å². The van der Waals surface area contributed by atoms with E-state index in [0.29, 0.717) is 44.4 Å². The number of benzene rings is 1. The summed E-state index contributed by atoms with van der Waals surface area (Å²) in [5.41, 5.74) is 0.976. The fraction of sp³-hybridized carbons (Fsp3) is 0.500. The van der Waals surface area contributed by atoms with Gasteiger partial charge in [0, 0.05) is 75.5 Å². The maximum atomic E-state index is 12.8. The Labute approximate surface area is 193 Å². The van der Waals surface area contributed by atoms with Gasteiger partial charge in [0.1, 0.15) is 0 Å². The molecule has 10 heteroatoms. The van der Waals surface area contributed by atoms with Gasteiger partial charge in [-0.05, 0) is 25.1 Å². The molecule has 0 spiro atoms. The molecule has 1 aromatic heterocycles. The lowest BCUT2D eigenvalue weighted by atomic mass is 10.2. The summed E-state index contributed by atoms with van der Waals surface area (Å²) in [6.07, 6.45) is 3.43. The predicted octanol–water partition coefficient (Wildman–Crippen LogP) is 1.95. The van der Waals surface area contributed by atoms with E-state index in [1.807, 2.05) is 39.9 Å². The molecule has 0 radical (unpaired) electrons. The first-order valence-corrected chi connectivity index (χ1v) is 11.4. The number of ether oxygens (including phenoxy) is 1. The van der Waals surface area contributed by atoms with Gasteiger partial charge in [-0.3, -0.25) is 14.3 Å². The van der Waals surface area contributed by atoms with E-state index in [4.69, 9.17) is 16.3 Å². The maximum absolute atomic E-state index is 12.8. The zero-order valence-corrected chi connectivity index (χ0v) is 19.1. The Balaban J connectivity index is 1.27. The monoisotopic (exact) mass is 460 g/mol. The molecule has 0 atom stereocenters. The van der Waals surface area contributed by atoms with Crippen molar-refractivity contribution < 1.29 is 14.3 Å². The molecule has 172 valence electrons. The van der Waals surface area contributed by atoms with E-state index >= 15 is 0 Å². The summed E-state index contributed by atoms with van der Waals surface area (Å²) in [5, 5.41) is 0.688. The molecule has 2 amide bonds. The zero-order chi connectivity index (χ0) is 22.5. The Morgan fingerprint density at radius 3 is 2.44 bits per heavy atom. The topological polar surface area (TPSA) is 74.2 Å². The average Bonchev–Trinajstić information content (AvgIpc) is 3.30. The lowest BCUT2D eigenvalue weighted by molar-refractivity contribution is -0.134. The van der Waals surface area contributed by atoms with Crippen LogP contribution in [0.2, 0.25) is 5.02 Å². The number of carbonyl (C=O) groups is 2.